The molecular formula is C23H16ClN3O5. The Labute approximate surface area is 186 Å². The Morgan fingerprint density at radius 3 is 2.69 bits per heavy atom. The number of ether oxygens (including phenoxy) is 1. The van der Waals surface area contributed by atoms with Crippen molar-refractivity contribution < 1.29 is 14.6 Å². The van der Waals surface area contributed by atoms with Crippen LogP contribution in [0.25, 0.3) is 10.9 Å². The van der Waals surface area contributed by atoms with Crippen LogP contribution in [0.4, 0.5) is 0 Å². The molecule has 0 aliphatic heterocycles. The molecule has 0 radical (unpaired) electrons. The van der Waals surface area contributed by atoms with Gasteiger partial charge in [-0.25, -0.2) is 9.59 Å². The van der Waals surface area contributed by atoms with Gasteiger partial charge in [-0.05, 0) is 53.6 Å². The molecule has 0 fully saturated rings. The zero-order valence-electron chi connectivity index (χ0n) is 16.5. The molecule has 0 bridgehead atoms. The SMILES string of the molecule is O=C(O)c1cccc(COc2ccc(C=Nn3c(=O)[nH]c4ccccc4c3=O)cc2Cl)c1. The van der Waals surface area contributed by atoms with Gasteiger partial charge in [-0.15, -0.1) is 4.68 Å². The van der Waals surface area contributed by atoms with Gasteiger partial charge in [-0.3, -0.25) is 4.79 Å². The number of H-pyrrole nitrogens is 1. The van der Waals surface area contributed by atoms with Crippen LogP contribution in [0.3, 0.4) is 0 Å². The lowest BCUT2D eigenvalue weighted by molar-refractivity contribution is 0.0696. The van der Waals surface area contributed by atoms with Crippen molar-refractivity contribution >= 4 is 34.7 Å². The standard InChI is InChI=1S/C23H16ClN3O5/c24-18-11-14(8-9-20(18)32-13-15-4-3-5-16(10-15)22(29)30)12-25-27-21(28)17-6-1-2-7-19(17)26-23(27)31/h1-12H,13H2,(H,26,31)(H,29,30). The average Bonchev–Trinajstić information content (AvgIpc) is 2.78. The largest absolute Gasteiger partial charge is 0.487 e. The quantitative estimate of drug-likeness (QED) is 0.437. The number of rotatable bonds is 6. The summed E-state index contributed by atoms with van der Waals surface area (Å²) in [6.45, 7) is 0.135. The first kappa shape index (κ1) is 21.1. The molecule has 1 heterocycles. The normalized spacial score (nSPS) is 11.2. The first-order chi connectivity index (χ1) is 15.4. The molecule has 0 amide bonds. The maximum atomic E-state index is 12.5. The topological polar surface area (TPSA) is 114 Å². The Morgan fingerprint density at radius 1 is 1.09 bits per heavy atom. The van der Waals surface area contributed by atoms with E-state index < -0.39 is 17.2 Å². The molecule has 4 rings (SSSR count). The molecule has 0 aliphatic carbocycles. The second-order valence-electron chi connectivity index (χ2n) is 6.82. The highest BCUT2D eigenvalue weighted by molar-refractivity contribution is 6.32. The first-order valence-corrected chi connectivity index (χ1v) is 9.83. The van der Waals surface area contributed by atoms with Crippen LogP contribution in [-0.4, -0.2) is 27.0 Å². The summed E-state index contributed by atoms with van der Waals surface area (Å²) in [7, 11) is 0. The Hall–Kier alpha value is -4.17. The summed E-state index contributed by atoms with van der Waals surface area (Å²) in [5.74, 6) is -0.622. The molecule has 160 valence electrons. The van der Waals surface area contributed by atoms with Crippen LogP contribution in [0, 0.1) is 0 Å². The van der Waals surface area contributed by atoms with Crippen LogP contribution in [0.2, 0.25) is 5.02 Å². The number of carbonyl (C=O) groups is 1. The zero-order chi connectivity index (χ0) is 22.7. The number of aromatic nitrogens is 2. The average molecular weight is 450 g/mol. The number of benzene rings is 3. The van der Waals surface area contributed by atoms with Crippen LogP contribution < -0.4 is 16.0 Å². The van der Waals surface area contributed by atoms with E-state index >= 15 is 0 Å². The van der Waals surface area contributed by atoms with Crippen molar-refractivity contribution in [2.24, 2.45) is 5.10 Å². The maximum Gasteiger partial charge on any atom is 0.349 e. The fourth-order valence-electron chi connectivity index (χ4n) is 3.05. The van der Waals surface area contributed by atoms with Gasteiger partial charge < -0.3 is 14.8 Å². The molecule has 3 aromatic carbocycles. The summed E-state index contributed by atoms with van der Waals surface area (Å²) in [6.07, 6.45) is 1.34. The zero-order valence-corrected chi connectivity index (χ0v) is 17.2. The van der Waals surface area contributed by atoms with Gasteiger partial charge in [0, 0.05) is 0 Å². The summed E-state index contributed by atoms with van der Waals surface area (Å²) < 4.78 is 6.43. The molecule has 0 saturated heterocycles. The molecule has 4 aromatic rings. The highest BCUT2D eigenvalue weighted by atomic mass is 35.5. The molecule has 32 heavy (non-hydrogen) atoms. The molecule has 0 unspecified atom stereocenters. The number of nitrogens with one attached hydrogen (secondary N) is 1. The van der Waals surface area contributed by atoms with Crippen molar-refractivity contribution in [3.05, 3.63) is 109 Å². The number of hydrogen-bond donors (Lipinski definition) is 2. The molecule has 0 saturated carbocycles. The molecule has 0 spiro atoms. The molecule has 0 atom stereocenters. The monoisotopic (exact) mass is 449 g/mol. The van der Waals surface area contributed by atoms with Gasteiger partial charge in [-0.2, -0.15) is 5.10 Å². The van der Waals surface area contributed by atoms with Crippen LogP contribution in [0.5, 0.6) is 5.75 Å². The van der Waals surface area contributed by atoms with E-state index in [2.05, 4.69) is 10.1 Å². The summed E-state index contributed by atoms with van der Waals surface area (Å²) in [4.78, 5) is 38.4. The number of carboxylic acid groups (broad SMARTS) is 1. The number of halogens is 1. The summed E-state index contributed by atoms with van der Waals surface area (Å²) in [5.41, 5.74) is 0.654. The summed E-state index contributed by atoms with van der Waals surface area (Å²) in [5, 5.41) is 13.7. The van der Waals surface area contributed by atoms with E-state index in [-0.39, 0.29) is 12.2 Å². The van der Waals surface area contributed by atoms with Gasteiger partial charge in [-0.1, -0.05) is 35.9 Å². The van der Waals surface area contributed by atoms with Gasteiger partial charge in [0.1, 0.15) is 12.4 Å². The number of carboxylic acids is 1. The fourth-order valence-corrected chi connectivity index (χ4v) is 3.30. The van der Waals surface area contributed by atoms with E-state index in [1.807, 2.05) is 0 Å². The van der Waals surface area contributed by atoms with Crippen molar-refractivity contribution in [1.82, 2.24) is 9.66 Å². The number of fused-ring (bicyclic) bond motifs is 1. The highest BCUT2D eigenvalue weighted by Gasteiger charge is 2.08. The van der Waals surface area contributed by atoms with Gasteiger partial charge in [0.25, 0.3) is 5.56 Å². The van der Waals surface area contributed by atoms with Crippen molar-refractivity contribution in [2.45, 2.75) is 6.61 Å². The molecule has 1 aromatic heterocycles. The maximum absolute atomic E-state index is 12.5. The minimum absolute atomic E-state index is 0.135. The van der Waals surface area contributed by atoms with Crippen molar-refractivity contribution in [2.75, 3.05) is 0 Å². The lowest BCUT2D eigenvalue weighted by Crippen LogP contribution is -2.32. The number of aromatic carboxylic acids is 1. The van der Waals surface area contributed by atoms with E-state index in [0.717, 1.165) is 4.68 Å². The third-order valence-electron chi connectivity index (χ3n) is 4.63. The van der Waals surface area contributed by atoms with Crippen molar-refractivity contribution in [3.63, 3.8) is 0 Å². The second-order valence-corrected chi connectivity index (χ2v) is 7.23. The number of para-hydroxylation sites is 1. The van der Waals surface area contributed by atoms with Crippen molar-refractivity contribution in [1.29, 1.82) is 0 Å². The van der Waals surface area contributed by atoms with E-state index in [1.165, 1.54) is 18.3 Å². The lowest BCUT2D eigenvalue weighted by Gasteiger charge is -2.09. The smallest absolute Gasteiger partial charge is 0.349 e. The van der Waals surface area contributed by atoms with E-state index in [9.17, 15) is 14.4 Å². The number of aromatic amines is 1. The molecule has 8 nitrogen and oxygen atoms in total. The van der Waals surface area contributed by atoms with E-state index in [4.69, 9.17) is 21.4 Å². The highest BCUT2D eigenvalue weighted by Crippen LogP contribution is 2.26. The van der Waals surface area contributed by atoms with Crippen LogP contribution >= 0.6 is 11.6 Å². The Balaban J connectivity index is 1.53. The van der Waals surface area contributed by atoms with E-state index in [1.54, 1.807) is 54.6 Å². The van der Waals surface area contributed by atoms with Gasteiger partial charge >= 0.3 is 11.7 Å². The van der Waals surface area contributed by atoms with Crippen molar-refractivity contribution in [3.8, 4) is 5.75 Å². The number of hydrogen-bond acceptors (Lipinski definition) is 5. The van der Waals surface area contributed by atoms with E-state index in [0.29, 0.717) is 32.8 Å². The van der Waals surface area contributed by atoms with Crippen LogP contribution in [0.1, 0.15) is 21.5 Å². The molecule has 9 heteroatoms. The Morgan fingerprint density at radius 2 is 1.91 bits per heavy atom. The number of nitrogens with zero attached hydrogens (tertiary/aromatic N) is 2. The Kier molecular flexibility index (Phi) is 5.87. The van der Waals surface area contributed by atoms with Gasteiger partial charge in [0.2, 0.25) is 0 Å². The fraction of sp³-hybridized carbons (Fsp3) is 0.0435. The van der Waals surface area contributed by atoms with Crippen LogP contribution in [-0.2, 0) is 6.61 Å². The predicted octanol–water partition coefficient (Wildman–Crippen LogP) is 3.50. The first-order valence-electron chi connectivity index (χ1n) is 9.45. The Bertz CT molecular complexity index is 1470. The summed E-state index contributed by atoms with van der Waals surface area (Å²) >= 11 is 6.28. The minimum atomic E-state index is -1.02. The van der Waals surface area contributed by atoms with Crippen LogP contribution in [0.15, 0.2) is 81.4 Å². The van der Waals surface area contributed by atoms with Gasteiger partial charge in [0.05, 0.1) is 27.7 Å². The molecule has 0 aliphatic rings. The third-order valence-corrected chi connectivity index (χ3v) is 4.93. The van der Waals surface area contributed by atoms with Gasteiger partial charge in [0.15, 0.2) is 0 Å². The minimum Gasteiger partial charge on any atom is -0.487 e. The summed E-state index contributed by atoms with van der Waals surface area (Å²) in [6, 6.07) is 17.9. The third kappa shape index (κ3) is 4.45. The second kappa shape index (κ2) is 8.91. The predicted molar refractivity (Wildman–Crippen MR) is 121 cm³/mol. The molecule has 2 N–H and O–H groups in total. The lowest BCUT2D eigenvalue weighted by atomic mass is 10.1. The molecular weight excluding hydrogens is 434 g/mol.